The molecule has 1 saturated heterocycles. The van der Waals surface area contributed by atoms with E-state index in [1.54, 1.807) is 23.7 Å². The summed E-state index contributed by atoms with van der Waals surface area (Å²) in [6.07, 6.45) is 8.20. The summed E-state index contributed by atoms with van der Waals surface area (Å²) in [4.78, 5) is 25.5. The van der Waals surface area contributed by atoms with E-state index in [9.17, 15) is 4.79 Å². The fourth-order valence-corrected chi connectivity index (χ4v) is 4.74. The molecule has 138 valence electrons. The molecule has 0 bridgehead atoms. The van der Waals surface area contributed by atoms with Crippen molar-refractivity contribution in [3.05, 3.63) is 45.7 Å². The van der Waals surface area contributed by atoms with Gasteiger partial charge in [0.2, 0.25) is 5.91 Å². The third-order valence-electron chi connectivity index (χ3n) is 4.96. The first-order valence-electron chi connectivity index (χ1n) is 9.28. The Bertz CT molecular complexity index is 720. The van der Waals surface area contributed by atoms with Crippen LogP contribution in [-0.2, 0) is 28.9 Å². The van der Waals surface area contributed by atoms with Crippen LogP contribution in [0.3, 0.4) is 0 Å². The molecule has 1 aliphatic heterocycles. The Morgan fingerprint density at radius 2 is 2.15 bits per heavy atom. The third-order valence-corrected chi connectivity index (χ3v) is 6.12. The van der Waals surface area contributed by atoms with Gasteiger partial charge in [0.15, 0.2) is 0 Å². The van der Waals surface area contributed by atoms with Crippen molar-refractivity contribution in [3.63, 3.8) is 0 Å². The van der Waals surface area contributed by atoms with Crippen LogP contribution >= 0.6 is 11.3 Å². The summed E-state index contributed by atoms with van der Waals surface area (Å²) in [6.45, 7) is 3.31. The second-order valence-electron chi connectivity index (χ2n) is 6.74. The number of hydrogen-bond acceptors (Lipinski definition) is 6. The highest BCUT2D eigenvalue weighted by Gasteiger charge is 2.29. The molecule has 1 amide bonds. The Balaban J connectivity index is 1.46. The van der Waals surface area contributed by atoms with Crippen molar-refractivity contribution in [1.82, 2.24) is 20.2 Å². The van der Waals surface area contributed by atoms with Crippen molar-refractivity contribution in [2.45, 2.75) is 38.3 Å². The molecule has 26 heavy (non-hydrogen) atoms. The number of hydrogen-bond donors (Lipinski definition) is 1. The number of morpholine rings is 1. The van der Waals surface area contributed by atoms with Gasteiger partial charge in [-0.1, -0.05) is 6.07 Å². The van der Waals surface area contributed by atoms with E-state index in [0.717, 1.165) is 36.5 Å². The third kappa shape index (κ3) is 3.95. The Hall–Kier alpha value is -1.83. The average molecular weight is 372 g/mol. The number of pyridine rings is 1. The lowest BCUT2D eigenvalue weighted by Crippen LogP contribution is -2.45. The molecule has 1 fully saturated rings. The minimum atomic E-state index is -0.331. The SMILES string of the molecule is O=C(NCc1nc2c(s1)CCCC2)[C@@H](c1cccnc1)N1CCOCC1. The van der Waals surface area contributed by atoms with Crippen LogP contribution in [-0.4, -0.2) is 47.1 Å². The van der Waals surface area contributed by atoms with Crippen LogP contribution in [0.4, 0.5) is 0 Å². The largest absolute Gasteiger partial charge is 0.379 e. The molecule has 0 aromatic carbocycles. The first kappa shape index (κ1) is 17.6. The zero-order valence-corrected chi connectivity index (χ0v) is 15.6. The van der Waals surface area contributed by atoms with Crippen molar-refractivity contribution >= 4 is 17.2 Å². The Labute approximate surface area is 157 Å². The fraction of sp³-hybridized carbons (Fsp3) is 0.526. The molecule has 6 nitrogen and oxygen atoms in total. The summed E-state index contributed by atoms with van der Waals surface area (Å²) in [5, 5.41) is 4.11. The maximum Gasteiger partial charge on any atom is 0.242 e. The number of ether oxygens (including phenoxy) is 1. The Morgan fingerprint density at radius 1 is 1.31 bits per heavy atom. The maximum absolute atomic E-state index is 13.0. The average Bonchev–Trinajstić information content (AvgIpc) is 3.11. The van der Waals surface area contributed by atoms with Gasteiger partial charge in [0, 0.05) is 30.4 Å². The predicted octanol–water partition coefficient (Wildman–Crippen LogP) is 2.11. The standard InChI is InChI=1S/C19H24N4O2S/c24-19(21-13-17-22-15-5-1-2-6-16(15)26-17)18(14-4-3-7-20-12-14)23-8-10-25-11-9-23/h3-4,7,12,18H,1-2,5-6,8-11,13H2,(H,21,24)/t18-/m1/s1. The zero-order chi connectivity index (χ0) is 17.8. The fourth-order valence-electron chi connectivity index (χ4n) is 3.64. The van der Waals surface area contributed by atoms with Crippen LogP contribution in [0.5, 0.6) is 0 Å². The minimum Gasteiger partial charge on any atom is -0.379 e. The van der Waals surface area contributed by atoms with Crippen molar-refractivity contribution in [3.8, 4) is 0 Å². The summed E-state index contributed by atoms with van der Waals surface area (Å²) in [7, 11) is 0. The molecule has 1 N–H and O–H groups in total. The first-order valence-corrected chi connectivity index (χ1v) is 10.1. The lowest BCUT2D eigenvalue weighted by molar-refractivity contribution is -0.128. The van der Waals surface area contributed by atoms with Crippen LogP contribution in [0.15, 0.2) is 24.5 Å². The van der Waals surface area contributed by atoms with Gasteiger partial charge in [0.1, 0.15) is 11.0 Å². The lowest BCUT2D eigenvalue weighted by Gasteiger charge is -2.33. The number of aromatic nitrogens is 2. The van der Waals surface area contributed by atoms with Crippen molar-refractivity contribution in [1.29, 1.82) is 0 Å². The van der Waals surface area contributed by atoms with Gasteiger partial charge in [-0.15, -0.1) is 11.3 Å². The second kappa shape index (κ2) is 8.24. The monoisotopic (exact) mass is 372 g/mol. The molecule has 7 heteroatoms. The van der Waals surface area contributed by atoms with E-state index in [2.05, 4.69) is 15.2 Å². The van der Waals surface area contributed by atoms with Gasteiger partial charge < -0.3 is 10.1 Å². The highest BCUT2D eigenvalue weighted by atomic mass is 32.1. The number of fused-ring (bicyclic) bond motifs is 1. The van der Waals surface area contributed by atoms with Crippen LogP contribution in [0, 0.1) is 0 Å². The zero-order valence-electron chi connectivity index (χ0n) is 14.8. The number of nitrogens with zero attached hydrogens (tertiary/aromatic N) is 3. The number of rotatable bonds is 5. The van der Waals surface area contributed by atoms with E-state index >= 15 is 0 Å². The smallest absolute Gasteiger partial charge is 0.242 e. The number of carbonyl (C=O) groups excluding carboxylic acids is 1. The summed E-state index contributed by atoms with van der Waals surface area (Å²) >= 11 is 1.75. The number of nitrogens with one attached hydrogen (secondary N) is 1. The van der Waals surface area contributed by atoms with Crippen molar-refractivity contribution in [2.75, 3.05) is 26.3 Å². The summed E-state index contributed by atoms with van der Waals surface area (Å²) in [6, 6.07) is 3.52. The highest BCUT2D eigenvalue weighted by Crippen LogP contribution is 2.27. The number of carbonyl (C=O) groups is 1. The van der Waals surface area contributed by atoms with Crippen LogP contribution < -0.4 is 5.32 Å². The van der Waals surface area contributed by atoms with Gasteiger partial charge in [0.25, 0.3) is 0 Å². The molecule has 0 spiro atoms. The number of amides is 1. The van der Waals surface area contributed by atoms with E-state index < -0.39 is 0 Å². The van der Waals surface area contributed by atoms with Gasteiger partial charge >= 0.3 is 0 Å². The molecule has 0 saturated carbocycles. The highest BCUT2D eigenvalue weighted by molar-refractivity contribution is 7.11. The molecule has 1 atom stereocenters. The normalized spacial score (nSPS) is 18.9. The number of aryl methyl sites for hydroxylation is 2. The molecule has 2 aromatic rings. The van der Waals surface area contributed by atoms with Gasteiger partial charge in [0.05, 0.1) is 25.5 Å². The van der Waals surface area contributed by atoms with Gasteiger partial charge in [-0.25, -0.2) is 4.98 Å². The van der Waals surface area contributed by atoms with E-state index in [0.29, 0.717) is 19.8 Å². The topological polar surface area (TPSA) is 67.4 Å². The molecular formula is C19H24N4O2S. The maximum atomic E-state index is 13.0. The first-order chi connectivity index (χ1) is 12.8. The minimum absolute atomic E-state index is 0.00747. The van der Waals surface area contributed by atoms with Crippen LogP contribution in [0.25, 0.3) is 0 Å². The predicted molar refractivity (Wildman–Crippen MR) is 100.0 cm³/mol. The molecular weight excluding hydrogens is 348 g/mol. The molecule has 3 heterocycles. The molecule has 4 rings (SSSR count). The van der Waals surface area contributed by atoms with E-state index in [1.807, 2.05) is 12.1 Å². The number of thiazole rings is 1. The summed E-state index contributed by atoms with van der Waals surface area (Å²) in [5.41, 5.74) is 2.16. The quantitative estimate of drug-likeness (QED) is 0.871. The molecule has 0 unspecified atom stereocenters. The Morgan fingerprint density at radius 3 is 2.92 bits per heavy atom. The Kier molecular flexibility index (Phi) is 5.57. The van der Waals surface area contributed by atoms with E-state index in [1.165, 1.54) is 23.4 Å². The van der Waals surface area contributed by atoms with E-state index in [4.69, 9.17) is 9.72 Å². The van der Waals surface area contributed by atoms with Gasteiger partial charge in [-0.3, -0.25) is 14.7 Å². The molecule has 0 radical (unpaired) electrons. The van der Waals surface area contributed by atoms with Crippen molar-refractivity contribution in [2.24, 2.45) is 0 Å². The van der Waals surface area contributed by atoms with Crippen LogP contribution in [0.2, 0.25) is 0 Å². The van der Waals surface area contributed by atoms with Crippen LogP contribution in [0.1, 0.15) is 40.0 Å². The van der Waals surface area contributed by atoms with E-state index in [-0.39, 0.29) is 11.9 Å². The molecule has 1 aliphatic carbocycles. The lowest BCUT2D eigenvalue weighted by atomic mass is 10.0. The van der Waals surface area contributed by atoms with Gasteiger partial charge in [-0.05, 0) is 37.3 Å². The molecule has 2 aromatic heterocycles. The summed E-state index contributed by atoms with van der Waals surface area (Å²) < 4.78 is 5.44. The summed E-state index contributed by atoms with van der Waals surface area (Å²) in [5.74, 6) is 0.00747. The van der Waals surface area contributed by atoms with Crippen molar-refractivity contribution < 1.29 is 9.53 Å². The molecule has 2 aliphatic rings. The van der Waals surface area contributed by atoms with Gasteiger partial charge in [-0.2, -0.15) is 0 Å². The second-order valence-corrected chi connectivity index (χ2v) is 7.91.